The van der Waals surface area contributed by atoms with E-state index in [1.165, 1.54) is 7.11 Å². The minimum Gasteiger partial charge on any atom is -0.469 e. The molecule has 88 valence electrons. The topological polar surface area (TPSA) is 72.5 Å². The van der Waals surface area contributed by atoms with Crippen LogP contribution in [0.3, 0.4) is 0 Å². The van der Waals surface area contributed by atoms with Crippen molar-refractivity contribution in [1.82, 2.24) is 5.32 Å². The third kappa shape index (κ3) is 4.61. The fourth-order valence-electron chi connectivity index (χ4n) is 1.60. The van der Waals surface area contributed by atoms with Gasteiger partial charge < -0.3 is 10.1 Å². The van der Waals surface area contributed by atoms with Crippen molar-refractivity contribution in [2.75, 3.05) is 25.2 Å². The van der Waals surface area contributed by atoms with Crippen LogP contribution >= 0.6 is 0 Å². The summed E-state index contributed by atoms with van der Waals surface area (Å²) in [5, 5.41) is 3.13. The maximum atomic E-state index is 11.1. The van der Waals surface area contributed by atoms with Gasteiger partial charge in [-0.2, -0.15) is 0 Å². The second-order valence-electron chi connectivity index (χ2n) is 3.73. The SMILES string of the molecule is COC(=O)CCCNC1CCS(=O)(=O)C1. The molecule has 1 heterocycles. The van der Waals surface area contributed by atoms with E-state index in [-0.39, 0.29) is 23.5 Å². The molecule has 1 unspecified atom stereocenters. The Morgan fingerprint density at radius 2 is 2.27 bits per heavy atom. The average Bonchev–Trinajstić information content (AvgIpc) is 2.52. The molecule has 1 aliphatic heterocycles. The van der Waals surface area contributed by atoms with E-state index >= 15 is 0 Å². The number of hydrogen-bond donors (Lipinski definition) is 1. The molecule has 1 atom stereocenters. The van der Waals surface area contributed by atoms with Crippen LogP contribution in [0.5, 0.6) is 0 Å². The lowest BCUT2D eigenvalue weighted by molar-refractivity contribution is -0.140. The zero-order chi connectivity index (χ0) is 11.3. The van der Waals surface area contributed by atoms with E-state index in [0.29, 0.717) is 25.8 Å². The lowest BCUT2D eigenvalue weighted by Gasteiger charge is -2.09. The maximum Gasteiger partial charge on any atom is 0.305 e. The quantitative estimate of drug-likeness (QED) is 0.524. The van der Waals surface area contributed by atoms with Gasteiger partial charge in [0.1, 0.15) is 0 Å². The minimum absolute atomic E-state index is 0.0626. The van der Waals surface area contributed by atoms with Gasteiger partial charge in [0.15, 0.2) is 9.84 Å². The Bertz CT molecular complexity index is 312. The molecule has 0 saturated carbocycles. The summed E-state index contributed by atoms with van der Waals surface area (Å²) in [6.45, 7) is 0.662. The minimum atomic E-state index is -2.81. The van der Waals surface area contributed by atoms with Gasteiger partial charge in [-0.05, 0) is 19.4 Å². The summed E-state index contributed by atoms with van der Waals surface area (Å²) in [7, 11) is -1.45. The van der Waals surface area contributed by atoms with Crippen molar-refractivity contribution in [3.05, 3.63) is 0 Å². The van der Waals surface area contributed by atoms with Crippen LogP contribution in [0.1, 0.15) is 19.3 Å². The molecule has 1 N–H and O–H groups in total. The normalized spacial score (nSPS) is 23.9. The molecular weight excluding hydrogens is 218 g/mol. The van der Waals surface area contributed by atoms with Gasteiger partial charge in [-0.25, -0.2) is 8.42 Å². The van der Waals surface area contributed by atoms with Gasteiger partial charge in [0.25, 0.3) is 0 Å². The summed E-state index contributed by atoms with van der Waals surface area (Å²) >= 11 is 0. The second-order valence-corrected chi connectivity index (χ2v) is 5.96. The number of carbonyl (C=O) groups is 1. The van der Waals surface area contributed by atoms with Crippen LogP contribution in [0, 0.1) is 0 Å². The van der Waals surface area contributed by atoms with Crippen molar-refractivity contribution in [2.24, 2.45) is 0 Å². The molecule has 0 aromatic carbocycles. The number of carbonyl (C=O) groups excluding carboxylic acids is 1. The van der Waals surface area contributed by atoms with Gasteiger partial charge >= 0.3 is 5.97 Å². The van der Waals surface area contributed by atoms with Gasteiger partial charge in [-0.3, -0.25) is 4.79 Å². The highest BCUT2D eigenvalue weighted by Gasteiger charge is 2.26. The molecular formula is C9H17NO4S. The lowest BCUT2D eigenvalue weighted by atomic mass is 10.2. The first-order valence-corrected chi connectivity index (χ1v) is 6.86. The van der Waals surface area contributed by atoms with Crippen molar-refractivity contribution in [3.63, 3.8) is 0 Å². The van der Waals surface area contributed by atoms with Gasteiger partial charge in [-0.15, -0.1) is 0 Å². The molecule has 0 aromatic rings. The predicted molar refractivity (Wildman–Crippen MR) is 56.3 cm³/mol. The first kappa shape index (κ1) is 12.4. The Balaban J connectivity index is 2.09. The molecule has 0 aromatic heterocycles. The van der Waals surface area contributed by atoms with Gasteiger partial charge in [0, 0.05) is 12.5 Å². The zero-order valence-corrected chi connectivity index (χ0v) is 9.68. The molecule has 6 heteroatoms. The van der Waals surface area contributed by atoms with Gasteiger partial charge in [-0.1, -0.05) is 0 Å². The Morgan fingerprint density at radius 1 is 1.53 bits per heavy atom. The zero-order valence-electron chi connectivity index (χ0n) is 8.86. The van der Waals surface area contributed by atoms with Crippen molar-refractivity contribution < 1.29 is 17.9 Å². The fraction of sp³-hybridized carbons (Fsp3) is 0.889. The molecule has 15 heavy (non-hydrogen) atoms. The Hall–Kier alpha value is -0.620. The average molecular weight is 235 g/mol. The summed E-state index contributed by atoms with van der Waals surface area (Å²) in [5.41, 5.74) is 0. The van der Waals surface area contributed by atoms with E-state index < -0.39 is 9.84 Å². The molecule has 1 fully saturated rings. The van der Waals surface area contributed by atoms with E-state index in [1.54, 1.807) is 0 Å². The van der Waals surface area contributed by atoms with Crippen LogP contribution in [0.2, 0.25) is 0 Å². The number of hydrogen-bond acceptors (Lipinski definition) is 5. The van der Waals surface area contributed by atoms with Crippen LogP contribution < -0.4 is 5.32 Å². The predicted octanol–water partition coefficient (Wildman–Crippen LogP) is -0.284. The highest BCUT2D eigenvalue weighted by atomic mass is 32.2. The molecule has 0 amide bonds. The molecule has 5 nitrogen and oxygen atoms in total. The molecule has 1 saturated heterocycles. The van der Waals surface area contributed by atoms with Crippen LogP contribution in [0.4, 0.5) is 0 Å². The van der Waals surface area contributed by atoms with E-state index in [4.69, 9.17) is 0 Å². The van der Waals surface area contributed by atoms with E-state index in [1.807, 2.05) is 0 Å². The van der Waals surface area contributed by atoms with E-state index in [0.717, 1.165) is 0 Å². The third-order valence-electron chi connectivity index (χ3n) is 2.45. The number of esters is 1. The smallest absolute Gasteiger partial charge is 0.305 e. The highest BCUT2D eigenvalue weighted by Crippen LogP contribution is 2.11. The van der Waals surface area contributed by atoms with Crippen molar-refractivity contribution in [2.45, 2.75) is 25.3 Å². The van der Waals surface area contributed by atoms with Gasteiger partial charge in [0.05, 0.1) is 18.6 Å². The molecule has 0 bridgehead atoms. The summed E-state index contributed by atoms with van der Waals surface area (Å²) < 4.78 is 26.7. The molecule has 0 spiro atoms. The van der Waals surface area contributed by atoms with E-state index in [2.05, 4.69) is 10.1 Å². The number of methoxy groups -OCH3 is 1. The Labute approximate surface area is 90.1 Å². The Kier molecular flexibility index (Phi) is 4.53. The molecule has 0 aliphatic carbocycles. The molecule has 0 radical (unpaired) electrons. The number of rotatable bonds is 5. The standard InChI is InChI=1S/C9H17NO4S/c1-14-9(11)3-2-5-10-8-4-6-15(12,13)7-8/h8,10H,2-7H2,1H3. The first-order valence-electron chi connectivity index (χ1n) is 5.04. The summed E-state index contributed by atoms with van der Waals surface area (Å²) in [5.74, 6) is 0.281. The monoisotopic (exact) mass is 235 g/mol. The third-order valence-corrected chi connectivity index (χ3v) is 4.22. The molecule has 1 rings (SSSR count). The van der Waals surface area contributed by atoms with Crippen molar-refractivity contribution in [3.8, 4) is 0 Å². The second kappa shape index (κ2) is 5.46. The van der Waals surface area contributed by atoms with Crippen LogP contribution in [-0.2, 0) is 19.4 Å². The Morgan fingerprint density at radius 3 is 2.80 bits per heavy atom. The van der Waals surface area contributed by atoms with Crippen LogP contribution in [-0.4, -0.2) is 45.6 Å². The molecule has 1 aliphatic rings. The number of nitrogens with one attached hydrogen (secondary N) is 1. The summed E-state index contributed by atoms with van der Waals surface area (Å²) in [6.07, 6.45) is 1.74. The first-order chi connectivity index (χ1) is 7.03. The van der Waals surface area contributed by atoms with Crippen molar-refractivity contribution in [1.29, 1.82) is 0 Å². The highest BCUT2D eigenvalue weighted by molar-refractivity contribution is 7.91. The van der Waals surface area contributed by atoms with E-state index in [9.17, 15) is 13.2 Å². The van der Waals surface area contributed by atoms with Crippen LogP contribution in [0.15, 0.2) is 0 Å². The summed E-state index contributed by atoms with van der Waals surface area (Å²) in [6, 6.07) is 0.0626. The maximum absolute atomic E-state index is 11.1. The van der Waals surface area contributed by atoms with Crippen molar-refractivity contribution >= 4 is 15.8 Å². The number of ether oxygens (including phenoxy) is 1. The summed E-state index contributed by atoms with van der Waals surface area (Å²) in [4.78, 5) is 10.8. The lowest BCUT2D eigenvalue weighted by Crippen LogP contribution is -2.31. The van der Waals surface area contributed by atoms with Gasteiger partial charge in [0.2, 0.25) is 0 Å². The fourth-order valence-corrected chi connectivity index (χ4v) is 3.30. The largest absolute Gasteiger partial charge is 0.469 e. The number of sulfone groups is 1. The van der Waals surface area contributed by atoms with Crippen LogP contribution in [0.25, 0.3) is 0 Å².